The highest BCUT2D eigenvalue weighted by molar-refractivity contribution is 5.95. The number of alkyl halides is 1. The van der Waals surface area contributed by atoms with E-state index in [4.69, 9.17) is 9.47 Å². The summed E-state index contributed by atoms with van der Waals surface area (Å²) in [6.45, 7) is 4.90. The zero-order chi connectivity index (χ0) is 22.8. The summed E-state index contributed by atoms with van der Waals surface area (Å²) in [7, 11) is 0. The maximum absolute atomic E-state index is 12.6. The molecule has 4 nitrogen and oxygen atoms in total. The minimum absolute atomic E-state index is 0.198. The second-order valence-corrected chi connectivity index (χ2v) is 8.78. The summed E-state index contributed by atoms with van der Waals surface area (Å²) >= 11 is 0. The Morgan fingerprint density at radius 2 is 1.79 bits per heavy atom. The molecule has 3 aromatic rings. The van der Waals surface area contributed by atoms with Crippen LogP contribution in [0.3, 0.4) is 0 Å². The second-order valence-electron chi connectivity index (χ2n) is 8.78. The van der Waals surface area contributed by atoms with Gasteiger partial charge in [-0.25, -0.2) is 0 Å². The van der Waals surface area contributed by atoms with E-state index in [1.54, 1.807) is 12.1 Å². The predicted molar refractivity (Wildman–Crippen MR) is 128 cm³/mol. The van der Waals surface area contributed by atoms with E-state index in [0.29, 0.717) is 6.61 Å². The molecule has 1 fully saturated rings. The van der Waals surface area contributed by atoms with Gasteiger partial charge in [-0.3, -0.25) is 9.29 Å². The highest BCUT2D eigenvalue weighted by Gasteiger charge is 2.29. The van der Waals surface area contributed by atoms with Gasteiger partial charge in [-0.1, -0.05) is 42.5 Å². The third kappa shape index (κ3) is 4.46. The van der Waals surface area contributed by atoms with Gasteiger partial charge in [0.2, 0.25) is 0 Å². The van der Waals surface area contributed by atoms with Crippen LogP contribution in [0.2, 0.25) is 0 Å². The maximum atomic E-state index is 12.6. The number of aromatic hydroxyl groups is 1. The summed E-state index contributed by atoms with van der Waals surface area (Å²) < 4.78 is 24.9. The highest BCUT2D eigenvalue weighted by atomic mass is 19.1. The van der Waals surface area contributed by atoms with E-state index >= 15 is 0 Å². The summed E-state index contributed by atoms with van der Waals surface area (Å²) in [6.07, 6.45) is -0.266. The molecule has 0 unspecified atom stereocenters. The lowest BCUT2D eigenvalue weighted by Crippen LogP contribution is -2.49. The summed E-state index contributed by atoms with van der Waals surface area (Å²) in [5.41, 5.74) is 5.21. The zero-order valence-corrected chi connectivity index (χ0v) is 18.7. The molecule has 0 spiro atoms. The van der Waals surface area contributed by atoms with Gasteiger partial charge in [0.1, 0.15) is 30.0 Å². The Bertz CT molecular complexity index is 1140. The van der Waals surface area contributed by atoms with Gasteiger partial charge in [0.15, 0.2) is 0 Å². The van der Waals surface area contributed by atoms with E-state index in [-0.39, 0.29) is 24.4 Å². The molecule has 0 aliphatic carbocycles. The Morgan fingerprint density at radius 1 is 1.03 bits per heavy atom. The zero-order valence-electron chi connectivity index (χ0n) is 18.7. The third-order valence-electron chi connectivity index (χ3n) is 6.47. The van der Waals surface area contributed by atoms with E-state index < -0.39 is 0 Å². The molecular weight excluding hydrogens is 417 g/mol. The average Bonchev–Trinajstić information content (AvgIpc) is 2.82. The van der Waals surface area contributed by atoms with Crippen molar-refractivity contribution in [3.05, 3.63) is 89.5 Å². The molecule has 5 rings (SSSR count). The summed E-state index contributed by atoms with van der Waals surface area (Å²) in [4.78, 5) is 2.21. The van der Waals surface area contributed by atoms with E-state index in [2.05, 4.69) is 24.0 Å². The molecule has 2 aliphatic rings. The summed E-state index contributed by atoms with van der Waals surface area (Å²) in [5.74, 6) is 1.99. The molecule has 5 heteroatoms. The third-order valence-corrected chi connectivity index (χ3v) is 6.47. The van der Waals surface area contributed by atoms with Crippen molar-refractivity contribution in [1.29, 1.82) is 0 Å². The lowest BCUT2D eigenvalue weighted by atomic mass is 9.86. The van der Waals surface area contributed by atoms with E-state index in [0.717, 1.165) is 59.0 Å². The molecule has 1 N–H and O–H groups in total. The fourth-order valence-electron chi connectivity index (χ4n) is 4.65. The molecule has 33 heavy (non-hydrogen) atoms. The summed E-state index contributed by atoms with van der Waals surface area (Å²) in [5, 5.41) is 10.0. The molecule has 0 bridgehead atoms. The topological polar surface area (TPSA) is 41.9 Å². The first-order chi connectivity index (χ1) is 16.1. The van der Waals surface area contributed by atoms with E-state index in [1.165, 1.54) is 0 Å². The molecule has 0 aromatic heterocycles. The van der Waals surface area contributed by atoms with E-state index in [9.17, 15) is 9.50 Å². The van der Waals surface area contributed by atoms with Gasteiger partial charge in [0.25, 0.3) is 0 Å². The standard InChI is InChI=1S/C28H28FNO3/c1-19-25-15-23(31)9-12-26(25)33-28(27(19)21-5-3-2-4-6-21)22-7-10-24(11-8-22)32-14-13-30-17-20(16-29)18-30/h2-12,15,20,28,31H,13-14,16-18H2,1H3/t28-/m0/s1. The Balaban J connectivity index is 1.36. The van der Waals surface area contributed by atoms with E-state index in [1.807, 2.05) is 48.5 Å². The second kappa shape index (κ2) is 9.28. The maximum Gasteiger partial charge on any atom is 0.150 e. The van der Waals surface area contributed by atoms with Crippen LogP contribution in [0, 0.1) is 5.92 Å². The molecule has 170 valence electrons. The van der Waals surface area contributed by atoms with Crippen LogP contribution in [0.15, 0.2) is 72.8 Å². The van der Waals surface area contributed by atoms with Crippen LogP contribution in [-0.2, 0) is 0 Å². The van der Waals surface area contributed by atoms with Gasteiger partial charge in [-0.15, -0.1) is 0 Å². The van der Waals surface area contributed by atoms with Crippen molar-refractivity contribution in [2.45, 2.75) is 13.0 Å². The Hall–Kier alpha value is -3.31. The first-order valence-corrected chi connectivity index (χ1v) is 11.4. The molecule has 2 aliphatic heterocycles. The molecular formula is C28H28FNO3. The van der Waals surface area contributed by atoms with Crippen LogP contribution < -0.4 is 9.47 Å². The minimum Gasteiger partial charge on any atom is -0.508 e. The number of rotatable bonds is 7. The number of phenolic OH excluding ortho intramolecular Hbond substituents is 1. The fourth-order valence-corrected chi connectivity index (χ4v) is 4.65. The monoisotopic (exact) mass is 445 g/mol. The molecule has 2 heterocycles. The van der Waals surface area contributed by atoms with Crippen LogP contribution in [0.1, 0.15) is 29.7 Å². The van der Waals surface area contributed by atoms with Gasteiger partial charge < -0.3 is 14.6 Å². The largest absolute Gasteiger partial charge is 0.508 e. The van der Waals surface area contributed by atoms with Gasteiger partial charge in [-0.05, 0) is 54.0 Å². The SMILES string of the molecule is CC1=C(c2ccccc2)[C@H](c2ccc(OCCN3CC(CF)C3)cc2)Oc2ccc(O)cc21. The van der Waals surface area contributed by atoms with Gasteiger partial charge >= 0.3 is 0 Å². The van der Waals surface area contributed by atoms with Crippen molar-refractivity contribution in [3.8, 4) is 17.2 Å². The van der Waals surface area contributed by atoms with Crippen molar-refractivity contribution in [2.75, 3.05) is 32.9 Å². The smallest absolute Gasteiger partial charge is 0.150 e. The Kier molecular flexibility index (Phi) is 6.05. The number of likely N-dealkylation sites (tertiary alicyclic amines) is 1. The first kappa shape index (κ1) is 21.5. The van der Waals surface area contributed by atoms with Crippen LogP contribution in [-0.4, -0.2) is 42.9 Å². The van der Waals surface area contributed by atoms with Crippen molar-refractivity contribution in [1.82, 2.24) is 4.90 Å². The number of ether oxygens (including phenoxy) is 2. The average molecular weight is 446 g/mol. The number of benzene rings is 3. The molecule has 1 saturated heterocycles. The fraction of sp³-hybridized carbons (Fsp3) is 0.286. The Morgan fingerprint density at radius 3 is 2.52 bits per heavy atom. The predicted octanol–water partition coefficient (Wildman–Crippen LogP) is 5.74. The van der Waals surface area contributed by atoms with Crippen LogP contribution in [0.5, 0.6) is 17.2 Å². The van der Waals surface area contributed by atoms with Gasteiger partial charge in [-0.2, -0.15) is 0 Å². The number of nitrogens with zero attached hydrogens (tertiary/aromatic N) is 1. The summed E-state index contributed by atoms with van der Waals surface area (Å²) in [6, 6.07) is 23.5. The number of hydrogen-bond acceptors (Lipinski definition) is 4. The first-order valence-electron chi connectivity index (χ1n) is 11.4. The normalized spacial score (nSPS) is 18.4. The minimum atomic E-state index is -0.266. The van der Waals surface area contributed by atoms with Crippen LogP contribution in [0.4, 0.5) is 4.39 Å². The quantitative estimate of drug-likeness (QED) is 0.504. The number of fused-ring (bicyclic) bond motifs is 1. The molecule has 1 atom stereocenters. The molecule has 0 radical (unpaired) electrons. The molecule has 0 saturated carbocycles. The molecule has 3 aromatic carbocycles. The lowest BCUT2D eigenvalue weighted by molar-refractivity contribution is 0.0668. The van der Waals surface area contributed by atoms with Gasteiger partial charge in [0.05, 0.1) is 6.67 Å². The van der Waals surface area contributed by atoms with Crippen molar-refractivity contribution in [2.24, 2.45) is 5.92 Å². The van der Waals surface area contributed by atoms with Crippen LogP contribution in [0.25, 0.3) is 11.1 Å². The van der Waals surface area contributed by atoms with Crippen molar-refractivity contribution < 1.29 is 19.0 Å². The number of phenols is 1. The Labute approximate surface area is 193 Å². The molecule has 0 amide bonds. The lowest BCUT2D eigenvalue weighted by Gasteiger charge is -2.37. The van der Waals surface area contributed by atoms with Crippen molar-refractivity contribution >= 4 is 11.1 Å². The number of allylic oxidation sites excluding steroid dienone is 1. The van der Waals surface area contributed by atoms with Crippen LogP contribution >= 0.6 is 0 Å². The van der Waals surface area contributed by atoms with Crippen molar-refractivity contribution in [3.63, 3.8) is 0 Å². The van der Waals surface area contributed by atoms with Gasteiger partial charge in [0, 0.05) is 36.7 Å². The highest BCUT2D eigenvalue weighted by Crippen LogP contribution is 2.47. The number of halogens is 1. The number of hydrogen-bond donors (Lipinski definition) is 1.